The van der Waals surface area contributed by atoms with E-state index in [1.807, 2.05) is 19.0 Å². The summed E-state index contributed by atoms with van der Waals surface area (Å²) in [6.45, 7) is 0.322. The van der Waals surface area contributed by atoms with Crippen molar-refractivity contribution in [3.05, 3.63) is 75.3 Å². The van der Waals surface area contributed by atoms with Crippen LogP contribution in [0.4, 0.5) is 13.2 Å². The van der Waals surface area contributed by atoms with Gasteiger partial charge in [0.15, 0.2) is 5.69 Å². The molecule has 3 heterocycles. The highest BCUT2D eigenvalue weighted by molar-refractivity contribution is 7.12. The fraction of sp³-hybridized carbons (Fsp3) is 0.308. The third kappa shape index (κ3) is 5.79. The first-order valence-electron chi connectivity index (χ1n) is 11.6. The van der Waals surface area contributed by atoms with Crippen LogP contribution in [0.15, 0.2) is 48.7 Å². The van der Waals surface area contributed by atoms with Gasteiger partial charge in [-0.2, -0.15) is 23.5 Å². The normalized spacial score (nSPS) is 15.6. The highest BCUT2D eigenvalue weighted by Crippen LogP contribution is 2.44. The number of carbonyl (C=O) groups is 2. The Bertz CT molecular complexity index is 1430. The molecule has 0 bridgehead atoms. The van der Waals surface area contributed by atoms with Crippen molar-refractivity contribution in [1.82, 2.24) is 19.6 Å². The SMILES string of the molecule is CN(C)C/C=C/C(=O)N1Cc2sc(C#N)cc2C(c2ccccc2-c2cn(CC(=O)O)nc2C(F)(F)F)C1. The Kier molecular flexibility index (Phi) is 7.71. The van der Waals surface area contributed by atoms with Crippen LogP contribution in [-0.4, -0.2) is 63.7 Å². The van der Waals surface area contributed by atoms with Crippen molar-refractivity contribution in [3.63, 3.8) is 0 Å². The van der Waals surface area contributed by atoms with Crippen molar-refractivity contribution in [3.8, 4) is 17.2 Å². The van der Waals surface area contributed by atoms with Gasteiger partial charge in [0, 0.05) is 41.7 Å². The lowest BCUT2D eigenvalue weighted by Crippen LogP contribution is -2.37. The number of aromatic nitrogens is 2. The third-order valence-electron chi connectivity index (χ3n) is 6.06. The molecule has 1 aliphatic rings. The molecule has 0 saturated carbocycles. The standard InChI is InChI=1S/C26H24F3N5O3S/c1-32(2)9-5-8-23(35)33-12-20(19-10-16(11-30)38-22(19)14-33)17-6-3-4-7-18(17)21-13-34(15-24(36)37)31-25(21)26(27,28)29/h3-8,10,13,20H,9,12,14-15H2,1-2H3,(H,36,37)/b8-5+. The number of hydrogen-bond acceptors (Lipinski definition) is 6. The van der Waals surface area contributed by atoms with Crippen LogP contribution in [-0.2, 0) is 28.9 Å². The van der Waals surface area contributed by atoms with Gasteiger partial charge < -0.3 is 14.9 Å². The van der Waals surface area contributed by atoms with Gasteiger partial charge >= 0.3 is 12.1 Å². The fourth-order valence-corrected chi connectivity index (χ4v) is 5.51. The van der Waals surface area contributed by atoms with Crippen LogP contribution < -0.4 is 0 Å². The number of fused-ring (bicyclic) bond motifs is 1. The molecule has 0 aliphatic carbocycles. The van der Waals surface area contributed by atoms with Crippen molar-refractivity contribution in [1.29, 1.82) is 5.26 Å². The minimum atomic E-state index is -4.82. The molecule has 8 nitrogen and oxygen atoms in total. The van der Waals surface area contributed by atoms with Crippen LogP contribution in [0.25, 0.3) is 11.1 Å². The molecule has 1 aromatic carbocycles. The lowest BCUT2D eigenvalue weighted by Gasteiger charge is -2.33. The molecule has 1 unspecified atom stereocenters. The summed E-state index contributed by atoms with van der Waals surface area (Å²) in [7, 11) is 3.75. The summed E-state index contributed by atoms with van der Waals surface area (Å²) in [4.78, 5) is 28.9. The van der Waals surface area contributed by atoms with E-state index in [9.17, 15) is 28.0 Å². The van der Waals surface area contributed by atoms with E-state index in [1.165, 1.54) is 23.5 Å². The van der Waals surface area contributed by atoms with Crippen LogP contribution in [0.2, 0.25) is 0 Å². The molecule has 0 saturated heterocycles. The highest BCUT2D eigenvalue weighted by atomic mass is 32.1. The number of aliphatic carboxylic acids is 1. The van der Waals surface area contributed by atoms with Gasteiger partial charge in [-0.25, -0.2) is 0 Å². The summed E-state index contributed by atoms with van der Waals surface area (Å²) in [5.74, 6) is -2.07. The zero-order valence-corrected chi connectivity index (χ0v) is 21.4. The lowest BCUT2D eigenvalue weighted by molar-refractivity contribution is -0.142. The van der Waals surface area contributed by atoms with Gasteiger partial charge in [0.1, 0.15) is 17.5 Å². The molecule has 198 valence electrons. The Morgan fingerprint density at radius 2 is 2.00 bits per heavy atom. The maximum atomic E-state index is 14.0. The first-order valence-corrected chi connectivity index (χ1v) is 12.4. The summed E-state index contributed by atoms with van der Waals surface area (Å²) in [5, 5.41) is 22.1. The van der Waals surface area contributed by atoms with Crippen molar-refractivity contribution >= 4 is 23.2 Å². The van der Waals surface area contributed by atoms with E-state index in [1.54, 1.807) is 35.2 Å². The van der Waals surface area contributed by atoms with Gasteiger partial charge in [-0.15, -0.1) is 11.3 Å². The average molecular weight is 544 g/mol. The lowest BCUT2D eigenvalue weighted by atomic mass is 9.83. The number of halogens is 3. The van der Waals surface area contributed by atoms with E-state index in [0.717, 1.165) is 21.3 Å². The van der Waals surface area contributed by atoms with Gasteiger partial charge in [-0.3, -0.25) is 14.3 Å². The number of nitriles is 1. The monoisotopic (exact) mass is 543 g/mol. The van der Waals surface area contributed by atoms with Crippen molar-refractivity contribution in [2.75, 3.05) is 27.2 Å². The number of rotatable bonds is 7. The Morgan fingerprint density at radius 1 is 1.26 bits per heavy atom. The summed E-state index contributed by atoms with van der Waals surface area (Å²) >= 11 is 1.25. The summed E-state index contributed by atoms with van der Waals surface area (Å²) in [6, 6.07) is 10.4. The molecule has 0 radical (unpaired) electrons. The third-order valence-corrected chi connectivity index (χ3v) is 7.10. The van der Waals surface area contributed by atoms with Crippen LogP contribution in [0.1, 0.15) is 32.5 Å². The molecule has 1 atom stereocenters. The smallest absolute Gasteiger partial charge is 0.435 e. The van der Waals surface area contributed by atoms with Crippen LogP contribution in [0.5, 0.6) is 0 Å². The quantitative estimate of drug-likeness (QED) is 0.449. The number of alkyl halides is 3. The number of carbonyl (C=O) groups excluding carboxylic acids is 1. The van der Waals surface area contributed by atoms with Gasteiger partial charge in [-0.05, 0) is 36.9 Å². The molecule has 1 aliphatic heterocycles. The van der Waals surface area contributed by atoms with E-state index < -0.39 is 30.3 Å². The summed E-state index contributed by atoms with van der Waals surface area (Å²) < 4.78 is 42.7. The number of amides is 1. The molecular formula is C26H24F3N5O3S. The molecule has 0 spiro atoms. The molecular weight excluding hydrogens is 519 g/mol. The predicted molar refractivity (Wildman–Crippen MR) is 134 cm³/mol. The molecule has 1 N–H and O–H groups in total. The molecule has 38 heavy (non-hydrogen) atoms. The predicted octanol–water partition coefficient (Wildman–Crippen LogP) is 4.18. The van der Waals surface area contributed by atoms with Gasteiger partial charge in [0.2, 0.25) is 5.91 Å². The minimum absolute atomic E-state index is 0.196. The summed E-state index contributed by atoms with van der Waals surface area (Å²) in [6.07, 6.45) is -0.521. The van der Waals surface area contributed by atoms with Crippen molar-refractivity contribution < 1.29 is 27.9 Å². The first kappa shape index (κ1) is 27.1. The Balaban J connectivity index is 1.82. The molecule has 4 rings (SSSR count). The van der Waals surface area contributed by atoms with Gasteiger partial charge in [0.05, 0.1) is 6.54 Å². The van der Waals surface area contributed by atoms with Crippen LogP contribution in [0.3, 0.4) is 0 Å². The largest absolute Gasteiger partial charge is 0.480 e. The number of nitrogens with zero attached hydrogens (tertiary/aromatic N) is 5. The molecule has 2 aromatic heterocycles. The second kappa shape index (κ2) is 10.8. The first-order chi connectivity index (χ1) is 18.0. The highest BCUT2D eigenvalue weighted by Gasteiger charge is 2.39. The molecule has 1 amide bonds. The Morgan fingerprint density at radius 3 is 2.66 bits per heavy atom. The zero-order chi connectivity index (χ0) is 27.6. The maximum Gasteiger partial charge on any atom is 0.435 e. The minimum Gasteiger partial charge on any atom is -0.480 e. The average Bonchev–Trinajstić information content (AvgIpc) is 3.46. The van der Waals surface area contributed by atoms with E-state index in [4.69, 9.17) is 5.11 Å². The van der Waals surface area contributed by atoms with Crippen LogP contribution in [0, 0.1) is 11.3 Å². The van der Waals surface area contributed by atoms with Gasteiger partial charge in [-0.1, -0.05) is 30.3 Å². The van der Waals surface area contributed by atoms with E-state index >= 15 is 0 Å². The van der Waals surface area contributed by atoms with E-state index in [-0.39, 0.29) is 30.1 Å². The number of benzene rings is 1. The number of thiophene rings is 1. The van der Waals surface area contributed by atoms with Crippen LogP contribution >= 0.6 is 11.3 Å². The number of hydrogen-bond donors (Lipinski definition) is 1. The van der Waals surface area contributed by atoms with Gasteiger partial charge in [0.25, 0.3) is 0 Å². The number of carboxylic acid groups (broad SMARTS) is 1. The van der Waals surface area contributed by atoms with E-state index in [0.29, 0.717) is 17.0 Å². The fourth-order valence-electron chi connectivity index (χ4n) is 4.47. The second-order valence-corrected chi connectivity index (χ2v) is 10.2. The zero-order valence-electron chi connectivity index (χ0n) is 20.6. The van der Waals surface area contributed by atoms with Crippen molar-refractivity contribution in [2.45, 2.75) is 25.2 Å². The summed E-state index contributed by atoms with van der Waals surface area (Å²) in [5.41, 5.74) is 0.0957. The Labute approximate surface area is 220 Å². The van der Waals surface area contributed by atoms with Crippen molar-refractivity contribution in [2.24, 2.45) is 0 Å². The number of carboxylic acids is 1. The van der Waals surface area contributed by atoms with E-state index in [2.05, 4.69) is 11.2 Å². The maximum absolute atomic E-state index is 14.0. The molecule has 0 fully saturated rings. The second-order valence-electron chi connectivity index (χ2n) is 9.10. The number of likely N-dealkylation sites (N-methyl/N-ethyl adjacent to an activating group) is 1. The topological polar surface area (TPSA) is 102 Å². The molecule has 12 heteroatoms. The molecule has 3 aromatic rings. The Hall–Kier alpha value is -3.95.